The van der Waals surface area contributed by atoms with Gasteiger partial charge in [0, 0.05) is 39.8 Å². The summed E-state index contributed by atoms with van der Waals surface area (Å²) < 4.78 is 4.97. The van der Waals surface area contributed by atoms with Crippen LogP contribution in [0.15, 0.2) is 30.3 Å². The number of hydrogen-bond donors (Lipinski definition) is 1. The van der Waals surface area contributed by atoms with Crippen molar-refractivity contribution in [3.05, 3.63) is 41.5 Å². The van der Waals surface area contributed by atoms with Gasteiger partial charge in [-0.3, -0.25) is 4.90 Å². The molecule has 2 rings (SSSR count). The lowest BCUT2D eigenvalue weighted by molar-refractivity contribution is 0.103. The number of nitrogens with zero attached hydrogens (tertiary/aromatic N) is 2. The van der Waals surface area contributed by atoms with Crippen molar-refractivity contribution in [2.45, 2.75) is 6.54 Å². The molecule has 21 heavy (non-hydrogen) atoms. The van der Waals surface area contributed by atoms with Gasteiger partial charge in [-0.05, 0) is 11.1 Å². The molecule has 1 fully saturated rings. The van der Waals surface area contributed by atoms with E-state index in [-0.39, 0.29) is 0 Å². The first kappa shape index (κ1) is 15.5. The van der Waals surface area contributed by atoms with Gasteiger partial charge in [-0.2, -0.15) is 0 Å². The van der Waals surface area contributed by atoms with Gasteiger partial charge in [-0.15, -0.1) is 0 Å². The fourth-order valence-electron chi connectivity index (χ4n) is 2.37. The van der Waals surface area contributed by atoms with Crippen LogP contribution in [-0.2, 0) is 11.3 Å². The van der Waals surface area contributed by atoms with E-state index < -0.39 is 6.09 Å². The molecule has 1 aliphatic heterocycles. The van der Waals surface area contributed by atoms with Gasteiger partial charge in [0.2, 0.25) is 0 Å². The second kappa shape index (κ2) is 7.81. The van der Waals surface area contributed by atoms with Crippen molar-refractivity contribution in [3.63, 3.8) is 0 Å². The van der Waals surface area contributed by atoms with Crippen molar-refractivity contribution in [2.24, 2.45) is 0 Å². The van der Waals surface area contributed by atoms with E-state index >= 15 is 0 Å². The van der Waals surface area contributed by atoms with Gasteiger partial charge in [0.1, 0.15) is 0 Å². The molecule has 0 aliphatic carbocycles. The molecule has 0 saturated carbocycles. The normalized spacial score (nSPS) is 16.5. The van der Waals surface area contributed by atoms with Crippen LogP contribution in [0.3, 0.4) is 0 Å². The average molecular weight is 290 g/mol. The lowest BCUT2D eigenvalue weighted by Gasteiger charge is -2.33. The highest BCUT2D eigenvalue weighted by Gasteiger charge is 2.19. The summed E-state index contributed by atoms with van der Waals surface area (Å²) >= 11 is 0. The summed E-state index contributed by atoms with van der Waals surface area (Å²) in [5.41, 5.74) is 2.41. The Morgan fingerprint density at radius 3 is 2.48 bits per heavy atom. The van der Waals surface area contributed by atoms with Crippen LogP contribution in [0.4, 0.5) is 4.79 Å². The summed E-state index contributed by atoms with van der Waals surface area (Å²) in [5.74, 6) is 0. The first-order chi connectivity index (χ1) is 10.2. The molecule has 1 aromatic carbocycles. The van der Waals surface area contributed by atoms with E-state index in [1.807, 2.05) is 12.2 Å². The molecule has 1 aromatic rings. The highest BCUT2D eigenvalue weighted by atomic mass is 16.5. The first-order valence-corrected chi connectivity index (χ1v) is 7.13. The smallest absolute Gasteiger partial charge is 0.407 e. The molecule has 0 radical (unpaired) electrons. The molecule has 0 atom stereocenters. The third-order valence-electron chi connectivity index (χ3n) is 3.60. The molecule has 0 spiro atoms. The Hall–Kier alpha value is -1.85. The Kier molecular flexibility index (Phi) is 5.78. The molecule has 1 aliphatic rings. The standard InChI is InChI=1S/C16H22N2O3/c1-21-12-2-3-14-4-6-15(7-5-14)13-17-8-10-18(11-9-17)16(19)20/h2-7H,8-13H2,1H3,(H,19,20)/b3-2+. The monoisotopic (exact) mass is 290 g/mol. The molecule has 0 bridgehead atoms. The Balaban J connectivity index is 1.82. The van der Waals surface area contributed by atoms with Crippen molar-refractivity contribution in [1.82, 2.24) is 9.80 Å². The Labute approximate surface area is 125 Å². The predicted molar refractivity (Wildman–Crippen MR) is 82.2 cm³/mol. The maximum absolute atomic E-state index is 10.9. The number of rotatable bonds is 5. The molecule has 114 valence electrons. The minimum absolute atomic E-state index is 0.590. The van der Waals surface area contributed by atoms with E-state index in [9.17, 15) is 4.79 Å². The Morgan fingerprint density at radius 2 is 1.90 bits per heavy atom. The zero-order valence-corrected chi connectivity index (χ0v) is 12.4. The largest absolute Gasteiger partial charge is 0.465 e. The minimum atomic E-state index is -0.818. The Bertz CT molecular complexity index is 477. The van der Waals surface area contributed by atoms with E-state index in [2.05, 4.69) is 29.2 Å². The van der Waals surface area contributed by atoms with Crippen molar-refractivity contribution < 1.29 is 14.6 Å². The zero-order valence-electron chi connectivity index (χ0n) is 12.4. The van der Waals surface area contributed by atoms with Gasteiger partial charge in [0.05, 0.1) is 6.61 Å². The van der Waals surface area contributed by atoms with Crippen molar-refractivity contribution in [1.29, 1.82) is 0 Å². The van der Waals surface area contributed by atoms with E-state index in [1.165, 1.54) is 10.5 Å². The fourth-order valence-corrected chi connectivity index (χ4v) is 2.37. The number of methoxy groups -OCH3 is 1. The van der Waals surface area contributed by atoms with E-state index in [0.717, 1.165) is 25.2 Å². The average Bonchev–Trinajstić information content (AvgIpc) is 2.50. The molecular formula is C16H22N2O3. The van der Waals surface area contributed by atoms with Crippen LogP contribution in [0.1, 0.15) is 11.1 Å². The summed E-state index contributed by atoms with van der Waals surface area (Å²) in [6.45, 7) is 4.26. The second-order valence-corrected chi connectivity index (χ2v) is 5.15. The maximum atomic E-state index is 10.9. The van der Waals surface area contributed by atoms with Gasteiger partial charge in [0.15, 0.2) is 0 Å². The molecule has 5 nitrogen and oxygen atoms in total. The highest BCUT2D eigenvalue weighted by molar-refractivity contribution is 5.65. The predicted octanol–water partition coefficient (Wildman–Crippen LogP) is 2.14. The van der Waals surface area contributed by atoms with Gasteiger partial charge in [-0.1, -0.05) is 36.4 Å². The van der Waals surface area contributed by atoms with E-state index in [1.54, 1.807) is 7.11 Å². The van der Waals surface area contributed by atoms with Crippen molar-refractivity contribution in [3.8, 4) is 0 Å². The fraction of sp³-hybridized carbons (Fsp3) is 0.438. The topological polar surface area (TPSA) is 53.0 Å². The maximum Gasteiger partial charge on any atom is 0.407 e. The number of piperazine rings is 1. The molecular weight excluding hydrogens is 268 g/mol. The van der Waals surface area contributed by atoms with Gasteiger partial charge in [0.25, 0.3) is 0 Å². The second-order valence-electron chi connectivity index (χ2n) is 5.15. The molecule has 0 aromatic heterocycles. The summed E-state index contributed by atoms with van der Waals surface area (Å²) in [6.07, 6.45) is 3.21. The number of ether oxygens (including phenoxy) is 1. The lowest BCUT2D eigenvalue weighted by Crippen LogP contribution is -2.47. The molecule has 1 saturated heterocycles. The highest BCUT2D eigenvalue weighted by Crippen LogP contribution is 2.11. The van der Waals surface area contributed by atoms with E-state index in [4.69, 9.17) is 9.84 Å². The Morgan fingerprint density at radius 1 is 1.24 bits per heavy atom. The zero-order chi connectivity index (χ0) is 15.1. The molecule has 1 N–H and O–H groups in total. The first-order valence-electron chi connectivity index (χ1n) is 7.13. The summed E-state index contributed by atoms with van der Waals surface area (Å²) in [7, 11) is 1.68. The van der Waals surface area contributed by atoms with Crippen LogP contribution in [0.25, 0.3) is 6.08 Å². The third-order valence-corrected chi connectivity index (χ3v) is 3.60. The van der Waals surface area contributed by atoms with Gasteiger partial charge < -0.3 is 14.7 Å². The summed E-state index contributed by atoms with van der Waals surface area (Å²) in [4.78, 5) is 14.6. The van der Waals surface area contributed by atoms with Crippen LogP contribution in [0, 0.1) is 0 Å². The number of carboxylic acid groups (broad SMARTS) is 1. The van der Waals surface area contributed by atoms with Crippen molar-refractivity contribution in [2.75, 3.05) is 39.9 Å². The third kappa shape index (κ3) is 4.88. The van der Waals surface area contributed by atoms with Crippen LogP contribution in [0.2, 0.25) is 0 Å². The number of carbonyl (C=O) groups is 1. The summed E-state index contributed by atoms with van der Waals surface area (Å²) in [5, 5.41) is 8.93. The number of hydrogen-bond acceptors (Lipinski definition) is 3. The van der Waals surface area contributed by atoms with E-state index in [0.29, 0.717) is 19.7 Å². The van der Waals surface area contributed by atoms with Crippen LogP contribution < -0.4 is 0 Å². The van der Waals surface area contributed by atoms with Crippen molar-refractivity contribution >= 4 is 12.2 Å². The SMILES string of the molecule is COC/C=C/c1ccc(CN2CCN(C(=O)O)CC2)cc1. The number of amides is 1. The van der Waals surface area contributed by atoms with Crippen LogP contribution in [0.5, 0.6) is 0 Å². The number of benzene rings is 1. The van der Waals surface area contributed by atoms with Crippen LogP contribution >= 0.6 is 0 Å². The minimum Gasteiger partial charge on any atom is -0.465 e. The molecule has 1 amide bonds. The molecule has 0 unspecified atom stereocenters. The summed E-state index contributed by atoms with van der Waals surface area (Å²) in [6, 6.07) is 8.43. The molecule has 5 heteroatoms. The van der Waals surface area contributed by atoms with Gasteiger partial charge >= 0.3 is 6.09 Å². The lowest BCUT2D eigenvalue weighted by atomic mass is 10.1. The van der Waals surface area contributed by atoms with Gasteiger partial charge in [-0.25, -0.2) is 4.79 Å². The van der Waals surface area contributed by atoms with Crippen LogP contribution in [-0.4, -0.2) is 60.9 Å². The molecule has 1 heterocycles. The quantitative estimate of drug-likeness (QED) is 0.902.